The third-order valence-corrected chi connectivity index (χ3v) is 1.66. The van der Waals surface area contributed by atoms with Crippen LogP contribution in [-0.4, -0.2) is 25.7 Å². The lowest BCUT2D eigenvalue weighted by atomic mass is 10.3. The molecular formula is C7H5N3O3. The predicted octanol–water partition coefficient (Wildman–Crippen LogP) is -0.279. The molecule has 66 valence electrons. The van der Waals surface area contributed by atoms with Crippen LogP contribution in [0.15, 0.2) is 23.3 Å². The maximum Gasteiger partial charge on any atom is 0.341 e. The zero-order chi connectivity index (χ0) is 9.42. The van der Waals surface area contributed by atoms with Crippen molar-refractivity contribution >= 4 is 11.6 Å². The van der Waals surface area contributed by atoms with Crippen LogP contribution in [0.5, 0.6) is 0 Å². The van der Waals surface area contributed by atoms with Crippen molar-refractivity contribution in [2.45, 2.75) is 0 Å². The highest BCUT2D eigenvalue weighted by molar-refractivity contribution is 5.93. The highest BCUT2D eigenvalue weighted by Crippen LogP contribution is 2.03. The Morgan fingerprint density at radius 3 is 3.08 bits per heavy atom. The summed E-state index contributed by atoms with van der Waals surface area (Å²) in [6.45, 7) is 0. The number of carbonyl (C=O) groups is 1. The first kappa shape index (κ1) is 7.53. The molecule has 13 heavy (non-hydrogen) atoms. The van der Waals surface area contributed by atoms with Crippen LogP contribution in [0.1, 0.15) is 10.4 Å². The highest BCUT2D eigenvalue weighted by atomic mass is 16.4. The minimum atomic E-state index is -1.11. The van der Waals surface area contributed by atoms with E-state index in [-0.39, 0.29) is 16.8 Å². The van der Waals surface area contributed by atoms with E-state index in [0.29, 0.717) is 0 Å². The molecule has 0 amide bonds. The molecule has 0 aliphatic rings. The summed E-state index contributed by atoms with van der Waals surface area (Å²) >= 11 is 0. The van der Waals surface area contributed by atoms with Crippen molar-refractivity contribution in [1.82, 2.24) is 14.6 Å². The van der Waals surface area contributed by atoms with Gasteiger partial charge in [-0.05, 0) is 0 Å². The van der Waals surface area contributed by atoms with Crippen molar-refractivity contribution in [2.24, 2.45) is 0 Å². The van der Waals surface area contributed by atoms with Gasteiger partial charge in [-0.25, -0.2) is 14.3 Å². The number of hydrogen-bond donors (Lipinski definition) is 2. The molecule has 6 nitrogen and oxygen atoms in total. The molecule has 0 radical (unpaired) electrons. The summed E-state index contributed by atoms with van der Waals surface area (Å²) in [7, 11) is 0. The molecule has 6 heteroatoms. The van der Waals surface area contributed by atoms with Gasteiger partial charge in [-0.2, -0.15) is 0 Å². The quantitative estimate of drug-likeness (QED) is 0.630. The average Bonchev–Trinajstić information content (AvgIpc) is 2.48. The smallest absolute Gasteiger partial charge is 0.341 e. The number of hydrogen-bond acceptors (Lipinski definition) is 3. The molecule has 0 saturated heterocycles. The second-order valence-electron chi connectivity index (χ2n) is 2.43. The molecule has 0 spiro atoms. The van der Waals surface area contributed by atoms with Gasteiger partial charge in [0.25, 0.3) is 5.56 Å². The number of carboxylic acids is 1. The molecule has 2 aromatic heterocycles. The summed E-state index contributed by atoms with van der Waals surface area (Å²) < 4.78 is 1.07. The molecule has 0 bridgehead atoms. The number of aromatic nitrogens is 3. The number of carboxylic acid groups (broad SMARTS) is 1. The normalized spacial score (nSPS) is 10.5. The number of H-pyrrole nitrogens is 1. The molecule has 2 rings (SSSR count). The van der Waals surface area contributed by atoms with Crippen LogP contribution in [0.25, 0.3) is 5.65 Å². The van der Waals surface area contributed by atoms with E-state index in [4.69, 9.17) is 5.11 Å². The Labute approximate surface area is 71.4 Å². The van der Waals surface area contributed by atoms with E-state index >= 15 is 0 Å². The molecule has 0 atom stereocenters. The molecular weight excluding hydrogens is 174 g/mol. The first-order chi connectivity index (χ1) is 6.20. The van der Waals surface area contributed by atoms with E-state index in [2.05, 4.69) is 10.1 Å². The number of nitrogens with one attached hydrogen (secondary N) is 1. The van der Waals surface area contributed by atoms with Crippen molar-refractivity contribution in [3.05, 3.63) is 34.4 Å². The molecule has 2 N–H and O–H groups in total. The Hall–Kier alpha value is -2.11. The van der Waals surface area contributed by atoms with Gasteiger partial charge in [0.1, 0.15) is 5.56 Å². The lowest BCUT2D eigenvalue weighted by Crippen LogP contribution is -2.13. The fourth-order valence-corrected chi connectivity index (χ4v) is 1.07. The molecule has 0 fully saturated rings. The summed E-state index contributed by atoms with van der Waals surface area (Å²) in [6, 6.07) is 1.25. The Morgan fingerprint density at radius 2 is 2.38 bits per heavy atom. The van der Waals surface area contributed by atoms with Crippen LogP contribution in [0, 0.1) is 0 Å². The van der Waals surface area contributed by atoms with Crippen LogP contribution < -0.4 is 5.56 Å². The summed E-state index contributed by atoms with van der Waals surface area (Å²) in [5.74, 6) is -1.11. The standard InChI is InChI=1S/C7H5N3O3/c11-5-1-2-8-6-4(7(12)13)3-9-10(5)6/h1-3,9H,(H,12,13). The third-order valence-electron chi connectivity index (χ3n) is 1.66. The molecule has 0 saturated carbocycles. The van der Waals surface area contributed by atoms with Gasteiger partial charge in [-0.3, -0.25) is 9.89 Å². The fourth-order valence-electron chi connectivity index (χ4n) is 1.07. The van der Waals surface area contributed by atoms with E-state index in [1.54, 1.807) is 0 Å². The fraction of sp³-hybridized carbons (Fsp3) is 0. The molecule has 0 aromatic carbocycles. The summed E-state index contributed by atoms with van der Waals surface area (Å²) in [5, 5.41) is 11.2. The van der Waals surface area contributed by atoms with Gasteiger partial charge in [0, 0.05) is 18.5 Å². The molecule has 2 heterocycles. The molecule has 0 aliphatic carbocycles. The zero-order valence-corrected chi connectivity index (χ0v) is 6.39. The highest BCUT2D eigenvalue weighted by Gasteiger charge is 2.11. The number of aromatic amines is 1. The van der Waals surface area contributed by atoms with Gasteiger partial charge >= 0.3 is 5.97 Å². The minimum Gasteiger partial charge on any atom is -0.477 e. The van der Waals surface area contributed by atoms with Gasteiger partial charge in [0.05, 0.1) is 0 Å². The van der Waals surface area contributed by atoms with Gasteiger partial charge in [-0.1, -0.05) is 0 Å². The van der Waals surface area contributed by atoms with Gasteiger partial charge in [0.2, 0.25) is 0 Å². The van der Waals surface area contributed by atoms with Crippen LogP contribution in [0.4, 0.5) is 0 Å². The van der Waals surface area contributed by atoms with Crippen molar-refractivity contribution < 1.29 is 9.90 Å². The second-order valence-corrected chi connectivity index (χ2v) is 2.43. The average molecular weight is 179 g/mol. The van der Waals surface area contributed by atoms with Crippen molar-refractivity contribution in [2.75, 3.05) is 0 Å². The van der Waals surface area contributed by atoms with Crippen molar-refractivity contribution in [1.29, 1.82) is 0 Å². The monoisotopic (exact) mass is 179 g/mol. The molecule has 2 aromatic rings. The van der Waals surface area contributed by atoms with Crippen molar-refractivity contribution in [3.63, 3.8) is 0 Å². The third kappa shape index (κ3) is 0.994. The van der Waals surface area contributed by atoms with Gasteiger partial charge < -0.3 is 5.11 Å². The van der Waals surface area contributed by atoms with Gasteiger partial charge in [-0.15, -0.1) is 0 Å². The number of rotatable bonds is 1. The van der Waals surface area contributed by atoms with E-state index in [1.807, 2.05) is 0 Å². The summed E-state index contributed by atoms with van der Waals surface area (Å²) in [5.41, 5.74) is -0.227. The summed E-state index contributed by atoms with van der Waals surface area (Å²) in [4.78, 5) is 25.5. The Morgan fingerprint density at radius 1 is 1.62 bits per heavy atom. The van der Waals surface area contributed by atoms with E-state index < -0.39 is 5.97 Å². The maximum atomic E-state index is 11.1. The number of aromatic carboxylic acids is 1. The molecule has 0 unspecified atom stereocenters. The van der Waals surface area contributed by atoms with E-state index in [1.165, 1.54) is 18.5 Å². The van der Waals surface area contributed by atoms with Crippen LogP contribution >= 0.6 is 0 Å². The first-order valence-electron chi connectivity index (χ1n) is 3.48. The first-order valence-corrected chi connectivity index (χ1v) is 3.48. The van der Waals surface area contributed by atoms with E-state index in [9.17, 15) is 9.59 Å². The largest absolute Gasteiger partial charge is 0.477 e. The SMILES string of the molecule is O=C(O)c1c[nH]n2c(=O)ccnc12. The predicted molar refractivity (Wildman–Crippen MR) is 42.8 cm³/mol. The lowest BCUT2D eigenvalue weighted by Gasteiger charge is -1.90. The van der Waals surface area contributed by atoms with Crippen LogP contribution in [-0.2, 0) is 0 Å². The van der Waals surface area contributed by atoms with Gasteiger partial charge in [0.15, 0.2) is 5.65 Å². The Balaban J connectivity index is 2.91. The number of nitrogens with zero attached hydrogens (tertiary/aromatic N) is 2. The topological polar surface area (TPSA) is 87.5 Å². The Kier molecular flexibility index (Phi) is 1.42. The summed E-state index contributed by atoms with van der Waals surface area (Å²) in [6.07, 6.45) is 2.50. The number of fused-ring (bicyclic) bond motifs is 1. The second kappa shape index (κ2) is 2.44. The lowest BCUT2D eigenvalue weighted by molar-refractivity contribution is 0.0699. The maximum absolute atomic E-state index is 11.1. The van der Waals surface area contributed by atoms with Crippen LogP contribution in [0.2, 0.25) is 0 Å². The Bertz CT molecular complexity index is 525. The molecule has 0 aliphatic heterocycles. The minimum absolute atomic E-state index is 0.0160. The van der Waals surface area contributed by atoms with Crippen LogP contribution in [0.3, 0.4) is 0 Å². The van der Waals surface area contributed by atoms with E-state index in [0.717, 1.165) is 4.52 Å². The zero-order valence-electron chi connectivity index (χ0n) is 6.39. The van der Waals surface area contributed by atoms with Crippen molar-refractivity contribution in [3.8, 4) is 0 Å².